The van der Waals surface area contributed by atoms with Crippen LogP contribution in [0.15, 0.2) is 18.5 Å². The van der Waals surface area contributed by atoms with Crippen molar-refractivity contribution in [1.29, 1.82) is 0 Å². The van der Waals surface area contributed by atoms with Crippen molar-refractivity contribution in [2.45, 2.75) is 57.5 Å². The SMILES string of the molecule is O=C(CN1CCC(Cn2cccn2)CC1)NC1CCCCC1. The Labute approximate surface area is 133 Å². The second-order valence-electron chi connectivity index (χ2n) is 6.85. The molecule has 1 saturated heterocycles. The van der Waals surface area contributed by atoms with Gasteiger partial charge in [-0.25, -0.2) is 0 Å². The van der Waals surface area contributed by atoms with Crippen LogP contribution in [0.5, 0.6) is 0 Å². The molecule has 1 aromatic rings. The van der Waals surface area contributed by atoms with Gasteiger partial charge in [-0.3, -0.25) is 14.4 Å². The summed E-state index contributed by atoms with van der Waals surface area (Å²) in [5.74, 6) is 0.912. The zero-order chi connectivity index (χ0) is 15.2. The zero-order valence-corrected chi connectivity index (χ0v) is 13.4. The van der Waals surface area contributed by atoms with E-state index in [2.05, 4.69) is 15.3 Å². The quantitative estimate of drug-likeness (QED) is 0.906. The number of likely N-dealkylation sites (tertiary alicyclic amines) is 1. The fourth-order valence-corrected chi connectivity index (χ4v) is 3.72. The highest BCUT2D eigenvalue weighted by Crippen LogP contribution is 2.19. The molecule has 2 heterocycles. The molecule has 0 unspecified atom stereocenters. The predicted molar refractivity (Wildman–Crippen MR) is 86.4 cm³/mol. The van der Waals surface area contributed by atoms with Gasteiger partial charge >= 0.3 is 0 Å². The molecule has 0 atom stereocenters. The van der Waals surface area contributed by atoms with E-state index in [1.54, 1.807) is 0 Å². The predicted octanol–water partition coefficient (Wildman–Crippen LogP) is 2.04. The Kier molecular flexibility index (Phi) is 5.48. The standard InChI is InChI=1S/C17H28N4O/c22-17(19-16-5-2-1-3-6-16)14-20-11-7-15(8-12-20)13-21-10-4-9-18-21/h4,9-10,15-16H,1-3,5-8,11-14H2,(H,19,22). The van der Waals surface area contributed by atoms with Crippen LogP contribution >= 0.6 is 0 Å². The Hall–Kier alpha value is -1.36. The molecule has 5 heteroatoms. The zero-order valence-electron chi connectivity index (χ0n) is 13.4. The maximum Gasteiger partial charge on any atom is 0.234 e. The maximum atomic E-state index is 12.2. The minimum Gasteiger partial charge on any atom is -0.352 e. The first-order chi connectivity index (χ1) is 10.8. The van der Waals surface area contributed by atoms with E-state index in [-0.39, 0.29) is 5.91 Å². The first-order valence-electron chi connectivity index (χ1n) is 8.79. The van der Waals surface area contributed by atoms with Gasteiger partial charge in [0, 0.05) is 25.0 Å². The summed E-state index contributed by atoms with van der Waals surface area (Å²) in [7, 11) is 0. The monoisotopic (exact) mass is 304 g/mol. The number of carbonyl (C=O) groups is 1. The lowest BCUT2D eigenvalue weighted by Gasteiger charge is -2.32. The number of aromatic nitrogens is 2. The molecule has 3 rings (SSSR count). The van der Waals surface area contributed by atoms with Gasteiger partial charge in [-0.05, 0) is 50.8 Å². The molecule has 2 fully saturated rings. The van der Waals surface area contributed by atoms with Crippen LogP contribution < -0.4 is 5.32 Å². The van der Waals surface area contributed by atoms with Gasteiger partial charge in [0.15, 0.2) is 0 Å². The van der Waals surface area contributed by atoms with Crippen molar-refractivity contribution >= 4 is 5.91 Å². The van der Waals surface area contributed by atoms with Crippen LogP contribution in [0, 0.1) is 5.92 Å². The fourth-order valence-electron chi connectivity index (χ4n) is 3.72. The van der Waals surface area contributed by atoms with Crippen LogP contribution in [0.2, 0.25) is 0 Å². The summed E-state index contributed by atoms with van der Waals surface area (Å²) in [5.41, 5.74) is 0. The summed E-state index contributed by atoms with van der Waals surface area (Å²) in [5, 5.41) is 7.50. The van der Waals surface area contributed by atoms with E-state index in [1.165, 1.54) is 19.3 Å². The highest BCUT2D eigenvalue weighted by atomic mass is 16.2. The van der Waals surface area contributed by atoms with E-state index in [0.29, 0.717) is 18.5 Å². The molecule has 0 radical (unpaired) electrons. The van der Waals surface area contributed by atoms with Crippen molar-refractivity contribution < 1.29 is 4.79 Å². The van der Waals surface area contributed by atoms with Crippen molar-refractivity contribution in [3.8, 4) is 0 Å². The molecule has 1 aliphatic carbocycles. The Balaban J connectivity index is 1.35. The number of rotatable bonds is 5. The summed E-state index contributed by atoms with van der Waals surface area (Å²) >= 11 is 0. The molecule has 0 aromatic carbocycles. The lowest BCUT2D eigenvalue weighted by Crippen LogP contribution is -2.45. The molecule has 2 aliphatic rings. The van der Waals surface area contributed by atoms with Gasteiger partial charge in [0.05, 0.1) is 6.54 Å². The summed E-state index contributed by atoms with van der Waals surface area (Å²) in [6.07, 6.45) is 12.4. The number of hydrogen-bond donors (Lipinski definition) is 1. The van der Waals surface area contributed by atoms with E-state index in [1.807, 2.05) is 23.1 Å². The van der Waals surface area contributed by atoms with Gasteiger partial charge in [0.25, 0.3) is 0 Å². The van der Waals surface area contributed by atoms with Crippen molar-refractivity contribution in [3.05, 3.63) is 18.5 Å². The molecule has 22 heavy (non-hydrogen) atoms. The normalized spacial score (nSPS) is 21.8. The van der Waals surface area contributed by atoms with E-state index < -0.39 is 0 Å². The average molecular weight is 304 g/mol. The first-order valence-corrected chi connectivity index (χ1v) is 8.79. The minimum atomic E-state index is 0.220. The van der Waals surface area contributed by atoms with Crippen LogP contribution in [-0.4, -0.2) is 46.3 Å². The summed E-state index contributed by atoms with van der Waals surface area (Å²) in [6, 6.07) is 2.41. The van der Waals surface area contributed by atoms with E-state index in [0.717, 1.165) is 45.3 Å². The minimum absolute atomic E-state index is 0.220. The van der Waals surface area contributed by atoms with Crippen molar-refractivity contribution in [3.63, 3.8) is 0 Å². The number of nitrogens with one attached hydrogen (secondary N) is 1. The molecular formula is C17H28N4O. The van der Waals surface area contributed by atoms with Crippen LogP contribution in [0.25, 0.3) is 0 Å². The Bertz CT molecular complexity index is 445. The van der Waals surface area contributed by atoms with Gasteiger partial charge < -0.3 is 5.32 Å². The molecule has 1 N–H and O–H groups in total. The van der Waals surface area contributed by atoms with E-state index in [4.69, 9.17) is 0 Å². The molecule has 122 valence electrons. The van der Waals surface area contributed by atoms with Gasteiger partial charge in [-0.2, -0.15) is 5.10 Å². The van der Waals surface area contributed by atoms with Crippen molar-refractivity contribution in [2.75, 3.05) is 19.6 Å². The molecule has 1 amide bonds. The van der Waals surface area contributed by atoms with Crippen LogP contribution in [0.1, 0.15) is 44.9 Å². The van der Waals surface area contributed by atoms with Crippen LogP contribution in [-0.2, 0) is 11.3 Å². The summed E-state index contributed by atoms with van der Waals surface area (Å²) < 4.78 is 2.02. The molecule has 1 saturated carbocycles. The molecule has 5 nitrogen and oxygen atoms in total. The van der Waals surface area contributed by atoms with E-state index in [9.17, 15) is 4.79 Å². The third-order valence-electron chi connectivity index (χ3n) is 5.05. The van der Waals surface area contributed by atoms with Crippen molar-refractivity contribution in [1.82, 2.24) is 20.0 Å². The Morgan fingerprint density at radius 1 is 1.14 bits per heavy atom. The highest BCUT2D eigenvalue weighted by Gasteiger charge is 2.22. The third kappa shape index (κ3) is 4.57. The molecule has 1 aromatic heterocycles. The summed E-state index contributed by atoms with van der Waals surface area (Å²) in [4.78, 5) is 14.5. The third-order valence-corrected chi connectivity index (χ3v) is 5.05. The molecule has 1 aliphatic heterocycles. The molecule has 0 spiro atoms. The highest BCUT2D eigenvalue weighted by molar-refractivity contribution is 5.78. The molecular weight excluding hydrogens is 276 g/mol. The number of amides is 1. The lowest BCUT2D eigenvalue weighted by atomic mass is 9.95. The number of piperidine rings is 1. The van der Waals surface area contributed by atoms with Crippen LogP contribution in [0.4, 0.5) is 0 Å². The smallest absolute Gasteiger partial charge is 0.234 e. The molecule has 0 bridgehead atoms. The number of carbonyl (C=O) groups excluding carboxylic acids is 1. The summed E-state index contributed by atoms with van der Waals surface area (Å²) in [6.45, 7) is 3.65. The van der Waals surface area contributed by atoms with Gasteiger partial charge in [0.2, 0.25) is 5.91 Å². The lowest BCUT2D eigenvalue weighted by molar-refractivity contribution is -0.123. The fraction of sp³-hybridized carbons (Fsp3) is 0.765. The second-order valence-corrected chi connectivity index (χ2v) is 6.85. The second kappa shape index (κ2) is 7.77. The van der Waals surface area contributed by atoms with Gasteiger partial charge in [0.1, 0.15) is 0 Å². The Morgan fingerprint density at radius 2 is 1.91 bits per heavy atom. The average Bonchev–Trinajstić information content (AvgIpc) is 3.03. The Morgan fingerprint density at radius 3 is 2.59 bits per heavy atom. The largest absolute Gasteiger partial charge is 0.352 e. The maximum absolute atomic E-state index is 12.2. The first kappa shape index (κ1) is 15.5. The number of hydrogen-bond acceptors (Lipinski definition) is 3. The van der Waals surface area contributed by atoms with Crippen LogP contribution in [0.3, 0.4) is 0 Å². The van der Waals surface area contributed by atoms with E-state index >= 15 is 0 Å². The van der Waals surface area contributed by atoms with Gasteiger partial charge in [-0.1, -0.05) is 19.3 Å². The van der Waals surface area contributed by atoms with Crippen molar-refractivity contribution in [2.24, 2.45) is 5.92 Å². The van der Waals surface area contributed by atoms with Gasteiger partial charge in [-0.15, -0.1) is 0 Å². The number of nitrogens with zero attached hydrogens (tertiary/aromatic N) is 3. The topological polar surface area (TPSA) is 50.2 Å².